The van der Waals surface area contributed by atoms with Gasteiger partial charge in [0.25, 0.3) is 21.8 Å². The van der Waals surface area contributed by atoms with Crippen LogP contribution in [-0.4, -0.2) is 40.9 Å². The van der Waals surface area contributed by atoms with E-state index in [1.165, 1.54) is 48.8 Å². The minimum absolute atomic E-state index is 0.0260. The molecule has 0 aliphatic carbocycles. The molecule has 0 fully saturated rings. The number of hydrogen-bond acceptors (Lipinski definition) is 5. The minimum Gasteiger partial charge on any atom is -0.496 e. The molecule has 1 heterocycles. The normalized spacial score (nSPS) is 12.7. The van der Waals surface area contributed by atoms with Crippen LogP contribution in [0, 0.1) is 5.82 Å². The van der Waals surface area contributed by atoms with Crippen molar-refractivity contribution in [3.8, 4) is 5.75 Å². The van der Waals surface area contributed by atoms with Crippen LogP contribution in [0.15, 0.2) is 65.6 Å². The third kappa shape index (κ3) is 4.19. The van der Waals surface area contributed by atoms with Gasteiger partial charge >= 0.3 is 0 Å². The first-order valence-electron chi connectivity index (χ1n) is 10.4. The van der Waals surface area contributed by atoms with Crippen molar-refractivity contribution < 1.29 is 27.1 Å². The number of fused-ring (bicyclic) bond motifs is 1. The molecule has 0 radical (unpaired) electrons. The highest BCUT2D eigenvalue weighted by Crippen LogP contribution is 2.34. The van der Waals surface area contributed by atoms with Gasteiger partial charge in [0.05, 0.1) is 28.8 Å². The highest BCUT2D eigenvalue weighted by molar-refractivity contribution is 7.92. The molecule has 176 valence electrons. The van der Waals surface area contributed by atoms with E-state index in [4.69, 9.17) is 4.74 Å². The van der Waals surface area contributed by atoms with Crippen molar-refractivity contribution in [2.24, 2.45) is 0 Å². The van der Waals surface area contributed by atoms with Gasteiger partial charge in [-0.1, -0.05) is 18.2 Å². The van der Waals surface area contributed by atoms with Gasteiger partial charge in [-0.25, -0.2) is 12.8 Å². The number of methoxy groups -OCH3 is 1. The van der Waals surface area contributed by atoms with Crippen molar-refractivity contribution in [1.29, 1.82) is 0 Å². The SMILES string of the molecule is CNC(=O)c1cc(NC(=O)c2cc(S(=O)(=O)N3CCc4ccccc43)ccc2OC)ccc1F. The maximum Gasteiger partial charge on any atom is 0.264 e. The average molecular weight is 484 g/mol. The Balaban J connectivity index is 1.67. The lowest BCUT2D eigenvalue weighted by Crippen LogP contribution is -2.29. The number of ether oxygens (including phenoxy) is 1. The van der Waals surface area contributed by atoms with E-state index in [1.807, 2.05) is 12.1 Å². The number of benzene rings is 3. The molecule has 0 saturated heterocycles. The summed E-state index contributed by atoms with van der Waals surface area (Å²) in [4.78, 5) is 24.8. The van der Waals surface area contributed by atoms with Crippen LogP contribution in [0.3, 0.4) is 0 Å². The van der Waals surface area contributed by atoms with E-state index >= 15 is 0 Å². The zero-order valence-electron chi connectivity index (χ0n) is 18.5. The van der Waals surface area contributed by atoms with Gasteiger partial charge in [-0.05, 0) is 54.4 Å². The van der Waals surface area contributed by atoms with E-state index in [0.29, 0.717) is 18.7 Å². The van der Waals surface area contributed by atoms with Crippen LogP contribution in [0.2, 0.25) is 0 Å². The predicted octanol–water partition coefficient (Wildman–Crippen LogP) is 3.20. The van der Waals surface area contributed by atoms with E-state index in [1.54, 1.807) is 12.1 Å². The summed E-state index contributed by atoms with van der Waals surface area (Å²) in [5, 5.41) is 4.90. The second-order valence-corrected chi connectivity index (χ2v) is 9.41. The molecule has 0 bridgehead atoms. The van der Waals surface area contributed by atoms with Crippen LogP contribution >= 0.6 is 0 Å². The zero-order valence-corrected chi connectivity index (χ0v) is 19.3. The highest BCUT2D eigenvalue weighted by Gasteiger charge is 2.31. The molecule has 2 N–H and O–H groups in total. The van der Waals surface area contributed by atoms with Gasteiger partial charge in [0.15, 0.2) is 0 Å². The Morgan fingerprint density at radius 1 is 1.00 bits per heavy atom. The van der Waals surface area contributed by atoms with Crippen molar-refractivity contribution in [2.75, 3.05) is 30.3 Å². The molecular formula is C24H22FN3O5S. The summed E-state index contributed by atoms with van der Waals surface area (Å²) in [7, 11) is -1.21. The summed E-state index contributed by atoms with van der Waals surface area (Å²) in [6.07, 6.45) is 0.594. The van der Waals surface area contributed by atoms with Crippen molar-refractivity contribution in [1.82, 2.24) is 5.32 Å². The summed E-state index contributed by atoms with van der Waals surface area (Å²) in [5.74, 6) is -1.91. The van der Waals surface area contributed by atoms with Crippen LogP contribution < -0.4 is 19.7 Å². The second-order valence-electron chi connectivity index (χ2n) is 7.55. The average Bonchev–Trinajstić information content (AvgIpc) is 3.29. The van der Waals surface area contributed by atoms with Gasteiger partial charge in [-0.15, -0.1) is 0 Å². The molecule has 8 nitrogen and oxygen atoms in total. The number of nitrogens with zero attached hydrogens (tertiary/aromatic N) is 1. The number of nitrogens with one attached hydrogen (secondary N) is 2. The van der Waals surface area contributed by atoms with E-state index in [9.17, 15) is 22.4 Å². The quantitative estimate of drug-likeness (QED) is 0.560. The standard InChI is InChI=1S/C24H22FN3O5S/c1-26-23(29)18-13-16(7-9-20(18)25)27-24(30)19-14-17(8-10-22(19)33-2)34(31,32)28-12-11-15-5-3-4-6-21(15)28/h3-10,13-14H,11-12H2,1-2H3,(H,26,29)(H,27,30). The van der Waals surface area contributed by atoms with Crippen LogP contribution in [0.1, 0.15) is 26.3 Å². The topological polar surface area (TPSA) is 105 Å². The Morgan fingerprint density at radius 3 is 2.50 bits per heavy atom. The smallest absolute Gasteiger partial charge is 0.264 e. The summed E-state index contributed by atoms with van der Waals surface area (Å²) < 4.78 is 47.3. The molecule has 4 rings (SSSR count). The molecule has 3 aromatic carbocycles. The number of sulfonamides is 1. The molecule has 2 amide bonds. The zero-order chi connectivity index (χ0) is 24.5. The lowest BCUT2D eigenvalue weighted by Gasteiger charge is -2.20. The van der Waals surface area contributed by atoms with E-state index < -0.39 is 27.7 Å². The molecule has 1 aliphatic rings. The summed E-state index contributed by atoms with van der Waals surface area (Å²) in [5.41, 5.74) is 1.44. The van der Waals surface area contributed by atoms with E-state index in [-0.39, 0.29) is 27.5 Å². The molecule has 0 aromatic heterocycles. The summed E-state index contributed by atoms with van der Waals surface area (Å²) in [6.45, 7) is 0.299. The molecule has 0 saturated carbocycles. The molecule has 3 aromatic rings. The third-order valence-electron chi connectivity index (χ3n) is 5.54. The number of hydrogen-bond donors (Lipinski definition) is 2. The maximum absolute atomic E-state index is 14.0. The number of carbonyl (C=O) groups excluding carboxylic acids is 2. The number of amides is 2. The fraction of sp³-hybridized carbons (Fsp3) is 0.167. The first-order valence-corrected chi connectivity index (χ1v) is 11.8. The maximum atomic E-state index is 14.0. The van der Waals surface area contributed by atoms with Gasteiger partial charge in [0.2, 0.25) is 0 Å². The Kier molecular flexibility index (Phi) is 6.25. The van der Waals surface area contributed by atoms with Gasteiger partial charge < -0.3 is 15.4 Å². The number of anilines is 2. The number of para-hydroxylation sites is 1. The third-order valence-corrected chi connectivity index (χ3v) is 7.35. The molecule has 1 aliphatic heterocycles. The fourth-order valence-corrected chi connectivity index (χ4v) is 5.35. The fourth-order valence-electron chi connectivity index (χ4n) is 3.82. The van der Waals surface area contributed by atoms with Gasteiger partial charge in [-0.3, -0.25) is 13.9 Å². The minimum atomic E-state index is -3.94. The largest absolute Gasteiger partial charge is 0.496 e. The first kappa shape index (κ1) is 23.2. The second kappa shape index (κ2) is 9.14. The molecule has 34 heavy (non-hydrogen) atoms. The Bertz CT molecular complexity index is 1390. The first-order chi connectivity index (χ1) is 16.3. The number of carbonyl (C=O) groups is 2. The lowest BCUT2D eigenvalue weighted by atomic mass is 10.1. The predicted molar refractivity (Wildman–Crippen MR) is 125 cm³/mol. The highest BCUT2D eigenvalue weighted by atomic mass is 32.2. The van der Waals surface area contributed by atoms with Crippen LogP contribution in [0.25, 0.3) is 0 Å². The van der Waals surface area contributed by atoms with Gasteiger partial charge in [0, 0.05) is 19.3 Å². The number of rotatable bonds is 6. The van der Waals surface area contributed by atoms with Crippen molar-refractivity contribution >= 4 is 33.2 Å². The Morgan fingerprint density at radius 2 is 1.76 bits per heavy atom. The van der Waals surface area contributed by atoms with Crippen molar-refractivity contribution in [2.45, 2.75) is 11.3 Å². The van der Waals surface area contributed by atoms with E-state index in [0.717, 1.165) is 11.6 Å². The number of halogens is 1. The lowest BCUT2D eigenvalue weighted by molar-refractivity contribution is 0.0957. The van der Waals surface area contributed by atoms with Gasteiger partial charge in [0.1, 0.15) is 11.6 Å². The van der Waals surface area contributed by atoms with Crippen LogP contribution in [-0.2, 0) is 16.4 Å². The Labute approximate surface area is 196 Å². The van der Waals surface area contributed by atoms with Crippen LogP contribution in [0.5, 0.6) is 5.75 Å². The monoisotopic (exact) mass is 483 g/mol. The Hall–Kier alpha value is -3.92. The van der Waals surface area contributed by atoms with Gasteiger partial charge in [-0.2, -0.15) is 0 Å². The molecular weight excluding hydrogens is 461 g/mol. The summed E-state index contributed by atoms with van der Waals surface area (Å²) >= 11 is 0. The molecule has 0 spiro atoms. The molecule has 0 unspecified atom stereocenters. The molecule has 10 heteroatoms. The summed E-state index contributed by atoms with van der Waals surface area (Å²) in [6, 6.07) is 14.8. The molecule has 0 atom stereocenters. The van der Waals surface area contributed by atoms with Crippen LogP contribution in [0.4, 0.5) is 15.8 Å². The van der Waals surface area contributed by atoms with Crippen molar-refractivity contribution in [3.63, 3.8) is 0 Å². The van der Waals surface area contributed by atoms with E-state index in [2.05, 4.69) is 10.6 Å². The van der Waals surface area contributed by atoms with Crippen molar-refractivity contribution in [3.05, 3.63) is 83.2 Å².